The third-order valence-electron chi connectivity index (χ3n) is 2.98. The predicted molar refractivity (Wildman–Crippen MR) is 71.0 cm³/mol. The van der Waals surface area contributed by atoms with Gasteiger partial charge in [-0.2, -0.15) is 13.2 Å². The standard InChI is InChI=1S/C15H14F4N2/c16-12-5-4-11(14(9-12)15(17,18)19)10-20-8-6-13-3-1-2-7-21-13/h1-5,7,9,20H,6,8,10H2. The fourth-order valence-electron chi connectivity index (χ4n) is 1.95. The molecule has 1 heterocycles. The first-order valence-corrected chi connectivity index (χ1v) is 6.43. The lowest BCUT2D eigenvalue weighted by molar-refractivity contribution is -0.138. The third kappa shape index (κ3) is 4.53. The molecule has 21 heavy (non-hydrogen) atoms. The molecule has 6 heteroatoms. The molecule has 0 atom stereocenters. The number of nitrogens with zero attached hydrogens (tertiary/aromatic N) is 1. The Balaban J connectivity index is 1.94. The van der Waals surface area contributed by atoms with Gasteiger partial charge in [-0.15, -0.1) is 0 Å². The second-order valence-electron chi connectivity index (χ2n) is 4.55. The molecule has 0 saturated carbocycles. The summed E-state index contributed by atoms with van der Waals surface area (Å²) in [6.07, 6.45) is -2.28. The van der Waals surface area contributed by atoms with Gasteiger partial charge in [-0.3, -0.25) is 4.98 Å². The van der Waals surface area contributed by atoms with Gasteiger partial charge in [0.1, 0.15) is 5.82 Å². The van der Waals surface area contributed by atoms with E-state index in [1.54, 1.807) is 12.3 Å². The van der Waals surface area contributed by atoms with Crippen LogP contribution < -0.4 is 5.32 Å². The van der Waals surface area contributed by atoms with Crippen molar-refractivity contribution < 1.29 is 17.6 Å². The van der Waals surface area contributed by atoms with Crippen LogP contribution in [-0.2, 0) is 19.1 Å². The Morgan fingerprint density at radius 3 is 2.57 bits per heavy atom. The molecule has 1 aromatic carbocycles. The van der Waals surface area contributed by atoms with Gasteiger partial charge in [0.2, 0.25) is 0 Å². The van der Waals surface area contributed by atoms with Crippen LogP contribution in [0.25, 0.3) is 0 Å². The van der Waals surface area contributed by atoms with Crippen LogP contribution in [0.2, 0.25) is 0 Å². The Bertz CT molecular complexity index is 582. The van der Waals surface area contributed by atoms with Crippen molar-refractivity contribution in [3.63, 3.8) is 0 Å². The van der Waals surface area contributed by atoms with Crippen molar-refractivity contribution in [1.82, 2.24) is 10.3 Å². The number of halogens is 4. The topological polar surface area (TPSA) is 24.9 Å². The second-order valence-corrected chi connectivity index (χ2v) is 4.55. The monoisotopic (exact) mass is 298 g/mol. The lowest BCUT2D eigenvalue weighted by Gasteiger charge is -2.13. The minimum atomic E-state index is -4.56. The fourth-order valence-corrected chi connectivity index (χ4v) is 1.95. The van der Waals surface area contributed by atoms with E-state index in [0.717, 1.165) is 17.8 Å². The number of nitrogens with one attached hydrogen (secondary N) is 1. The molecule has 0 aliphatic heterocycles. The smallest absolute Gasteiger partial charge is 0.312 e. The van der Waals surface area contributed by atoms with E-state index >= 15 is 0 Å². The van der Waals surface area contributed by atoms with Crippen molar-refractivity contribution in [2.24, 2.45) is 0 Å². The summed E-state index contributed by atoms with van der Waals surface area (Å²) in [6.45, 7) is 0.521. The molecule has 112 valence electrons. The van der Waals surface area contributed by atoms with Crippen LogP contribution in [0.15, 0.2) is 42.6 Å². The van der Waals surface area contributed by atoms with Gasteiger partial charge in [-0.05, 0) is 29.8 Å². The molecule has 0 bridgehead atoms. The molecular formula is C15H14F4N2. The van der Waals surface area contributed by atoms with Crippen molar-refractivity contribution in [3.8, 4) is 0 Å². The number of pyridine rings is 1. The summed E-state index contributed by atoms with van der Waals surface area (Å²) < 4.78 is 51.4. The quantitative estimate of drug-likeness (QED) is 0.674. The SMILES string of the molecule is Fc1ccc(CNCCc2ccccn2)c(C(F)(F)F)c1. The van der Waals surface area contributed by atoms with Crippen molar-refractivity contribution in [3.05, 3.63) is 65.2 Å². The van der Waals surface area contributed by atoms with Gasteiger partial charge in [0.25, 0.3) is 0 Å². The van der Waals surface area contributed by atoms with E-state index in [4.69, 9.17) is 0 Å². The van der Waals surface area contributed by atoms with Crippen LogP contribution in [-0.4, -0.2) is 11.5 Å². The highest BCUT2D eigenvalue weighted by Crippen LogP contribution is 2.32. The molecule has 2 nitrogen and oxygen atoms in total. The zero-order valence-electron chi connectivity index (χ0n) is 11.1. The third-order valence-corrected chi connectivity index (χ3v) is 2.98. The highest BCUT2D eigenvalue weighted by molar-refractivity contribution is 5.30. The number of aromatic nitrogens is 1. The molecule has 0 amide bonds. The summed E-state index contributed by atoms with van der Waals surface area (Å²) in [7, 11) is 0. The number of alkyl halides is 3. The summed E-state index contributed by atoms with van der Waals surface area (Å²) in [5.41, 5.74) is -0.0436. The summed E-state index contributed by atoms with van der Waals surface area (Å²) in [5.74, 6) is -0.889. The van der Waals surface area contributed by atoms with E-state index in [2.05, 4.69) is 10.3 Å². The van der Waals surface area contributed by atoms with Crippen LogP contribution in [0.4, 0.5) is 17.6 Å². The maximum atomic E-state index is 13.0. The van der Waals surface area contributed by atoms with E-state index < -0.39 is 17.6 Å². The first kappa shape index (κ1) is 15.4. The Kier molecular flexibility index (Phi) is 4.90. The normalized spacial score (nSPS) is 11.6. The van der Waals surface area contributed by atoms with Crippen molar-refractivity contribution >= 4 is 0 Å². The van der Waals surface area contributed by atoms with Gasteiger partial charge in [0, 0.05) is 31.4 Å². The molecule has 0 saturated heterocycles. The minimum Gasteiger partial charge on any atom is -0.312 e. The summed E-state index contributed by atoms with van der Waals surface area (Å²) in [4.78, 5) is 4.12. The average molecular weight is 298 g/mol. The van der Waals surface area contributed by atoms with E-state index in [1.165, 1.54) is 0 Å². The molecule has 2 rings (SSSR count). The van der Waals surface area contributed by atoms with Crippen LogP contribution in [0.1, 0.15) is 16.8 Å². The molecule has 0 unspecified atom stereocenters. The first-order chi connectivity index (χ1) is 9.97. The van der Waals surface area contributed by atoms with Crippen LogP contribution in [0.3, 0.4) is 0 Å². The molecule has 1 N–H and O–H groups in total. The molecule has 0 spiro atoms. The summed E-state index contributed by atoms with van der Waals surface area (Å²) in [6, 6.07) is 8.21. The lowest BCUT2D eigenvalue weighted by Crippen LogP contribution is -2.20. The summed E-state index contributed by atoms with van der Waals surface area (Å²) in [5, 5.41) is 2.92. The maximum absolute atomic E-state index is 13.0. The van der Waals surface area contributed by atoms with Gasteiger partial charge in [-0.25, -0.2) is 4.39 Å². The van der Waals surface area contributed by atoms with E-state index in [1.807, 2.05) is 12.1 Å². The molecule has 0 radical (unpaired) electrons. The molecule has 0 aliphatic carbocycles. The minimum absolute atomic E-state index is 0.0297. The van der Waals surface area contributed by atoms with Crippen LogP contribution >= 0.6 is 0 Å². The summed E-state index contributed by atoms with van der Waals surface area (Å²) >= 11 is 0. The van der Waals surface area contributed by atoms with E-state index in [-0.39, 0.29) is 12.1 Å². The Morgan fingerprint density at radius 2 is 1.90 bits per heavy atom. The van der Waals surface area contributed by atoms with Gasteiger partial charge in [0.05, 0.1) is 5.56 Å². The number of benzene rings is 1. The van der Waals surface area contributed by atoms with Gasteiger partial charge in [-0.1, -0.05) is 12.1 Å². The number of hydrogen-bond donors (Lipinski definition) is 1. The van der Waals surface area contributed by atoms with Crippen molar-refractivity contribution in [2.75, 3.05) is 6.54 Å². The van der Waals surface area contributed by atoms with Gasteiger partial charge in [0.15, 0.2) is 0 Å². The zero-order valence-corrected chi connectivity index (χ0v) is 11.1. The Labute approximate surface area is 119 Å². The molecule has 0 fully saturated rings. The number of hydrogen-bond acceptors (Lipinski definition) is 2. The Hall–Kier alpha value is -1.95. The van der Waals surface area contributed by atoms with E-state index in [9.17, 15) is 17.6 Å². The van der Waals surface area contributed by atoms with Crippen molar-refractivity contribution in [2.45, 2.75) is 19.1 Å². The highest BCUT2D eigenvalue weighted by Gasteiger charge is 2.33. The van der Waals surface area contributed by atoms with Crippen molar-refractivity contribution in [1.29, 1.82) is 0 Å². The molecule has 1 aromatic heterocycles. The molecule has 0 aliphatic rings. The molecule has 2 aromatic rings. The Morgan fingerprint density at radius 1 is 1.10 bits per heavy atom. The predicted octanol–water partition coefficient (Wildman–Crippen LogP) is 3.57. The maximum Gasteiger partial charge on any atom is 0.416 e. The van der Waals surface area contributed by atoms with Crippen LogP contribution in [0.5, 0.6) is 0 Å². The highest BCUT2D eigenvalue weighted by atomic mass is 19.4. The number of rotatable bonds is 5. The van der Waals surface area contributed by atoms with Gasteiger partial charge >= 0.3 is 6.18 Å². The largest absolute Gasteiger partial charge is 0.416 e. The van der Waals surface area contributed by atoms with Gasteiger partial charge < -0.3 is 5.32 Å². The molecular weight excluding hydrogens is 284 g/mol. The van der Waals surface area contributed by atoms with Crippen LogP contribution in [0, 0.1) is 5.82 Å². The second kappa shape index (κ2) is 6.67. The zero-order chi connectivity index (χ0) is 15.3. The average Bonchev–Trinajstić information content (AvgIpc) is 2.45. The fraction of sp³-hybridized carbons (Fsp3) is 0.267. The lowest BCUT2D eigenvalue weighted by atomic mass is 10.1. The first-order valence-electron chi connectivity index (χ1n) is 6.43. The van der Waals surface area contributed by atoms with E-state index in [0.29, 0.717) is 19.0 Å².